The van der Waals surface area contributed by atoms with Gasteiger partial charge in [-0.15, -0.1) is 10.2 Å². The van der Waals surface area contributed by atoms with E-state index in [9.17, 15) is 9.59 Å². The molecular weight excluding hydrogens is 354 g/mol. The van der Waals surface area contributed by atoms with Crippen molar-refractivity contribution in [2.75, 3.05) is 31.2 Å². The van der Waals surface area contributed by atoms with Gasteiger partial charge in [0.25, 0.3) is 0 Å². The van der Waals surface area contributed by atoms with E-state index in [1.807, 2.05) is 32.0 Å². The minimum Gasteiger partial charge on any atom is -0.465 e. The molecule has 0 bridgehead atoms. The van der Waals surface area contributed by atoms with E-state index in [-0.39, 0.29) is 26.3 Å². The van der Waals surface area contributed by atoms with E-state index in [0.717, 1.165) is 26.8 Å². The summed E-state index contributed by atoms with van der Waals surface area (Å²) in [5.41, 5.74) is 2.58. The lowest BCUT2D eigenvalue weighted by Gasteiger charge is -2.25. The Balaban J connectivity index is 2.35. The average Bonchev–Trinajstić information content (AvgIpc) is 3.01. The van der Waals surface area contributed by atoms with Crippen molar-refractivity contribution in [1.82, 2.24) is 10.2 Å². The van der Waals surface area contributed by atoms with Crippen molar-refractivity contribution in [3.8, 4) is 10.6 Å². The second-order valence-corrected chi connectivity index (χ2v) is 6.78. The zero-order valence-corrected chi connectivity index (χ0v) is 16.3. The molecule has 1 aromatic carbocycles. The number of rotatable bonds is 8. The smallest absolute Gasteiger partial charge is 0.325 e. The Morgan fingerprint density at radius 2 is 1.65 bits per heavy atom. The van der Waals surface area contributed by atoms with Crippen LogP contribution in [0.4, 0.5) is 5.69 Å². The lowest BCUT2D eigenvalue weighted by Crippen LogP contribution is -2.36. The highest BCUT2D eigenvalue weighted by Gasteiger charge is 2.19. The Morgan fingerprint density at radius 3 is 2.15 bits per heavy atom. The molecule has 0 atom stereocenters. The average molecular weight is 377 g/mol. The normalized spacial score (nSPS) is 10.5. The minimum absolute atomic E-state index is 0.0356. The lowest BCUT2D eigenvalue weighted by molar-refractivity contribution is -0.142. The summed E-state index contributed by atoms with van der Waals surface area (Å²) < 4.78 is 10.1. The summed E-state index contributed by atoms with van der Waals surface area (Å²) in [7, 11) is 0. The molecule has 0 spiro atoms. The van der Waals surface area contributed by atoms with Crippen LogP contribution >= 0.6 is 11.3 Å². The highest BCUT2D eigenvalue weighted by atomic mass is 32.1. The van der Waals surface area contributed by atoms with Crippen molar-refractivity contribution in [2.45, 2.75) is 27.7 Å². The summed E-state index contributed by atoms with van der Waals surface area (Å²) in [5, 5.41) is 9.87. The quantitative estimate of drug-likeness (QED) is 0.654. The number of aryl methyl sites for hydroxylation is 2. The van der Waals surface area contributed by atoms with Crippen LogP contribution in [0.15, 0.2) is 18.2 Å². The molecule has 26 heavy (non-hydrogen) atoms. The first-order chi connectivity index (χ1) is 12.4. The van der Waals surface area contributed by atoms with Crippen molar-refractivity contribution >= 4 is 29.0 Å². The third-order valence-corrected chi connectivity index (χ3v) is 4.46. The van der Waals surface area contributed by atoms with Crippen LogP contribution in [0.2, 0.25) is 0 Å². The van der Waals surface area contributed by atoms with Gasteiger partial charge in [0.15, 0.2) is 0 Å². The predicted octanol–water partition coefficient (Wildman–Crippen LogP) is 2.75. The van der Waals surface area contributed by atoms with E-state index in [1.165, 1.54) is 11.3 Å². The summed E-state index contributed by atoms with van der Waals surface area (Å²) in [4.78, 5) is 25.7. The van der Waals surface area contributed by atoms with Gasteiger partial charge in [-0.3, -0.25) is 9.59 Å². The third-order valence-electron chi connectivity index (χ3n) is 3.57. The fourth-order valence-corrected chi connectivity index (χ4v) is 3.14. The maximum atomic E-state index is 12.0. The van der Waals surface area contributed by atoms with E-state index in [0.29, 0.717) is 0 Å². The molecule has 0 saturated carbocycles. The first-order valence-corrected chi connectivity index (χ1v) is 9.23. The summed E-state index contributed by atoms with van der Waals surface area (Å²) in [6, 6.07) is 5.80. The molecule has 2 aromatic rings. The standard InChI is InChI=1S/C18H23N3O4S/c1-5-24-16(22)10-21(11-17(23)25-6-2)15-9-14(8-7-12(15)3)18-20-19-13(4)26-18/h7-9H,5-6,10-11H2,1-4H3. The first kappa shape index (κ1) is 19.8. The van der Waals surface area contributed by atoms with Crippen molar-refractivity contribution in [1.29, 1.82) is 0 Å². The summed E-state index contributed by atoms with van der Waals surface area (Å²) in [6.07, 6.45) is 0. The van der Waals surface area contributed by atoms with Gasteiger partial charge in [-0.25, -0.2) is 0 Å². The SMILES string of the molecule is CCOC(=O)CN(CC(=O)OCC)c1cc(-c2nnc(C)s2)ccc1C. The van der Waals surface area contributed by atoms with Crippen molar-refractivity contribution < 1.29 is 19.1 Å². The highest BCUT2D eigenvalue weighted by Crippen LogP contribution is 2.29. The van der Waals surface area contributed by atoms with Gasteiger partial charge >= 0.3 is 11.9 Å². The van der Waals surface area contributed by atoms with Gasteiger partial charge in [0.05, 0.1) is 13.2 Å². The summed E-state index contributed by atoms with van der Waals surface area (Å²) in [5.74, 6) is -0.790. The second-order valence-electron chi connectivity index (χ2n) is 5.59. The van der Waals surface area contributed by atoms with Gasteiger partial charge in [-0.05, 0) is 39.3 Å². The molecule has 0 amide bonds. The summed E-state index contributed by atoms with van der Waals surface area (Å²) >= 11 is 1.49. The third kappa shape index (κ3) is 5.26. The van der Waals surface area contributed by atoms with Gasteiger partial charge in [-0.1, -0.05) is 23.5 Å². The Morgan fingerprint density at radius 1 is 1.04 bits per heavy atom. The van der Waals surface area contributed by atoms with E-state index in [4.69, 9.17) is 9.47 Å². The minimum atomic E-state index is -0.395. The molecule has 0 radical (unpaired) electrons. The topological polar surface area (TPSA) is 81.6 Å². The van der Waals surface area contributed by atoms with Gasteiger partial charge in [-0.2, -0.15) is 0 Å². The Bertz CT molecular complexity index is 756. The van der Waals surface area contributed by atoms with Crippen LogP contribution in [0, 0.1) is 13.8 Å². The molecule has 1 aromatic heterocycles. The van der Waals surface area contributed by atoms with E-state index < -0.39 is 11.9 Å². The number of aromatic nitrogens is 2. The molecule has 0 aliphatic carbocycles. The van der Waals surface area contributed by atoms with Crippen LogP contribution in [0.3, 0.4) is 0 Å². The highest BCUT2D eigenvalue weighted by molar-refractivity contribution is 7.14. The maximum absolute atomic E-state index is 12.0. The number of carbonyl (C=O) groups is 2. The van der Waals surface area contributed by atoms with E-state index in [2.05, 4.69) is 10.2 Å². The molecule has 0 fully saturated rings. The zero-order valence-electron chi connectivity index (χ0n) is 15.4. The van der Waals surface area contributed by atoms with Crippen molar-refractivity contribution in [3.05, 3.63) is 28.8 Å². The molecule has 140 valence electrons. The lowest BCUT2D eigenvalue weighted by atomic mass is 10.1. The van der Waals surface area contributed by atoms with Crippen LogP contribution in [0.25, 0.3) is 10.6 Å². The Labute approximate surface area is 156 Å². The molecular formula is C18H23N3O4S. The Kier molecular flexibility index (Phi) is 7.08. The van der Waals surface area contributed by atoms with Crippen LogP contribution in [0.1, 0.15) is 24.4 Å². The van der Waals surface area contributed by atoms with Crippen molar-refractivity contribution in [3.63, 3.8) is 0 Å². The van der Waals surface area contributed by atoms with Crippen LogP contribution in [0.5, 0.6) is 0 Å². The molecule has 1 heterocycles. The Hall–Kier alpha value is -2.48. The van der Waals surface area contributed by atoms with Crippen molar-refractivity contribution in [2.24, 2.45) is 0 Å². The monoisotopic (exact) mass is 377 g/mol. The number of anilines is 1. The second kappa shape index (κ2) is 9.28. The number of esters is 2. The number of benzene rings is 1. The van der Waals surface area contributed by atoms with E-state index in [1.54, 1.807) is 18.7 Å². The number of nitrogens with zero attached hydrogens (tertiary/aromatic N) is 3. The number of hydrogen-bond acceptors (Lipinski definition) is 8. The van der Waals surface area contributed by atoms with E-state index >= 15 is 0 Å². The van der Waals surface area contributed by atoms with Crippen LogP contribution in [-0.4, -0.2) is 48.4 Å². The molecule has 0 saturated heterocycles. The number of carbonyl (C=O) groups excluding carboxylic acids is 2. The summed E-state index contributed by atoms with van der Waals surface area (Å²) in [6.45, 7) is 7.81. The van der Waals surface area contributed by atoms with Crippen LogP contribution in [-0.2, 0) is 19.1 Å². The van der Waals surface area contributed by atoms with Gasteiger partial charge in [0.2, 0.25) is 0 Å². The van der Waals surface area contributed by atoms with Gasteiger partial charge in [0, 0.05) is 11.3 Å². The maximum Gasteiger partial charge on any atom is 0.325 e. The molecule has 0 unspecified atom stereocenters. The predicted molar refractivity (Wildman–Crippen MR) is 100 cm³/mol. The fraction of sp³-hybridized carbons (Fsp3) is 0.444. The van der Waals surface area contributed by atoms with Gasteiger partial charge in [0.1, 0.15) is 23.1 Å². The molecule has 0 aliphatic heterocycles. The fourth-order valence-electron chi connectivity index (χ4n) is 2.45. The molecule has 7 nitrogen and oxygen atoms in total. The largest absolute Gasteiger partial charge is 0.465 e. The first-order valence-electron chi connectivity index (χ1n) is 8.41. The van der Waals surface area contributed by atoms with Gasteiger partial charge < -0.3 is 14.4 Å². The zero-order chi connectivity index (χ0) is 19.1. The molecule has 0 aliphatic rings. The van der Waals surface area contributed by atoms with Crippen LogP contribution < -0.4 is 4.90 Å². The molecule has 8 heteroatoms. The molecule has 2 rings (SSSR count). The number of ether oxygens (including phenoxy) is 2. The number of hydrogen-bond donors (Lipinski definition) is 0. The molecule has 0 N–H and O–H groups in total.